The molecule has 1 N–H and O–H groups in total. The van der Waals surface area contributed by atoms with Gasteiger partial charge in [-0.1, -0.05) is 23.2 Å². The Balaban J connectivity index is 1.93. The molecule has 0 fully saturated rings. The van der Waals surface area contributed by atoms with E-state index in [1.54, 1.807) is 24.3 Å². The van der Waals surface area contributed by atoms with E-state index in [1.165, 1.54) is 13.1 Å². The van der Waals surface area contributed by atoms with Crippen LogP contribution in [0.4, 0.5) is 5.82 Å². The van der Waals surface area contributed by atoms with Gasteiger partial charge in [0.15, 0.2) is 6.10 Å². The van der Waals surface area contributed by atoms with Gasteiger partial charge >= 0.3 is 5.97 Å². The van der Waals surface area contributed by atoms with E-state index in [-0.39, 0.29) is 0 Å². The second-order valence-electron chi connectivity index (χ2n) is 4.00. The van der Waals surface area contributed by atoms with Crippen molar-refractivity contribution < 1.29 is 14.3 Å². The molecule has 5 nitrogen and oxygen atoms in total. The Morgan fingerprint density at radius 2 is 2.05 bits per heavy atom. The minimum atomic E-state index is -0.962. The van der Waals surface area contributed by atoms with E-state index < -0.39 is 18.0 Å². The summed E-state index contributed by atoms with van der Waals surface area (Å²) in [5, 5.41) is 2.98. The summed E-state index contributed by atoms with van der Waals surface area (Å²) in [5.41, 5.74) is 0. The molecule has 0 aliphatic heterocycles. The number of carbonyl (C=O) groups is 2. The molecular weight excluding hydrogens is 335 g/mol. The smallest absolute Gasteiger partial charge is 0.349 e. The summed E-state index contributed by atoms with van der Waals surface area (Å²) in [4.78, 5) is 27.9. The van der Waals surface area contributed by atoms with E-state index in [1.807, 2.05) is 0 Å². The highest BCUT2D eigenvalue weighted by Crippen LogP contribution is 2.22. The van der Waals surface area contributed by atoms with Crippen molar-refractivity contribution in [3.63, 3.8) is 0 Å². The lowest BCUT2D eigenvalue weighted by atomic mass is 10.3. The predicted molar refractivity (Wildman–Crippen MR) is 82.1 cm³/mol. The molecule has 0 radical (unpaired) electrons. The van der Waals surface area contributed by atoms with Crippen LogP contribution in [0, 0.1) is 0 Å². The Labute approximate surface area is 134 Å². The van der Waals surface area contributed by atoms with Crippen molar-refractivity contribution >= 4 is 52.2 Å². The number of hydrogen-bond donors (Lipinski definition) is 1. The molecule has 2 heterocycles. The fourth-order valence-electron chi connectivity index (χ4n) is 1.37. The van der Waals surface area contributed by atoms with Crippen LogP contribution in [-0.4, -0.2) is 23.0 Å². The lowest BCUT2D eigenvalue weighted by molar-refractivity contribution is -0.123. The third-order valence-corrected chi connectivity index (χ3v) is 3.84. The van der Waals surface area contributed by atoms with Gasteiger partial charge in [0, 0.05) is 6.20 Å². The molecule has 21 heavy (non-hydrogen) atoms. The van der Waals surface area contributed by atoms with E-state index in [2.05, 4.69) is 10.3 Å². The first-order valence-electron chi connectivity index (χ1n) is 5.84. The number of nitrogens with one attached hydrogen (secondary N) is 1. The highest BCUT2D eigenvalue weighted by molar-refractivity contribution is 7.17. The summed E-state index contributed by atoms with van der Waals surface area (Å²) in [5.74, 6) is -0.758. The second-order valence-corrected chi connectivity index (χ2v) is 6.15. The number of nitrogens with zero attached hydrogens (tertiary/aromatic N) is 1. The van der Waals surface area contributed by atoms with Crippen molar-refractivity contribution in [2.24, 2.45) is 0 Å². The maximum atomic E-state index is 11.9. The summed E-state index contributed by atoms with van der Waals surface area (Å²) in [6, 6.07) is 6.27. The van der Waals surface area contributed by atoms with Gasteiger partial charge in [-0.2, -0.15) is 0 Å². The largest absolute Gasteiger partial charge is 0.448 e. The Hall–Kier alpha value is -1.63. The third-order valence-electron chi connectivity index (χ3n) is 2.41. The summed E-state index contributed by atoms with van der Waals surface area (Å²) in [6.07, 6.45) is 0.442. The Kier molecular flexibility index (Phi) is 5.17. The van der Waals surface area contributed by atoms with Crippen LogP contribution in [0.5, 0.6) is 0 Å². The summed E-state index contributed by atoms with van der Waals surface area (Å²) in [7, 11) is 0. The fourth-order valence-corrected chi connectivity index (χ4v) is 2.41. The zero-order valence-corrected chi connectivity index (χ0v) is 13.1. The number of carbonyl (C=O) groups excluding carboxylic acids is 2. The molecule has 0 saturated carbocycles. The van der Waals surface area contributed by atoms with E-state index >= 15 is 0 Å². The monoisotopic (exact) mass is 344 g/mol. The van der Waals surface area contributed by atoms with Crippen LogP contribution in [0.1, 0.15) is 16.6 Å². The maximum absolute atomic E-state index is 11.9. The Morgan fingerprint density at radius 3 is 2.62 bits per heavy atom. The first kappa shape index (κ1) is 15.8. The van der Waals surface area contributed by atoms with Crippen LogP contribution in [0.15, 0.2) is 30.5 Å². The average Bonchev–Trinajstić information content (AvgIpc) is 2.88. The van der Waals surface area contributed by atoms with E-state index in [9.17, 15) is 9.59 Å². The van der Waals surface area contributed by atoms with Gasteiger partial charge in [-0.15, -0.1) is 11.3 Å². The number of aromatic nitrogens is 1. The molecule has 0 unspecified atom stereocenters. The molecule has 2 rings (SSSR count). The van der Waals surface area contributed by atoms with Crippen LogP contribution in [0.2, 0.25) is 9.36 Å². The molecular formula is C13H10Cl2N2O3S. The van der Waals surface area contributed by atoms with Crippen LogP contribution >= 0.6 is 34.5 Å². The normalized spacial score (nSPS) is 11.8. The molecule has 0 bridgehead atoms. The minimum Gasteiger partial charge on any atom is -0.448 e. The first-order chi connectivity index (χ1) is 9.95. The van der Waals surface area contributed by atoms with Gasteiger partial charge in [-0.25, -0.2) is 9.78 Å². The Bertz CT molecular complexity index is 658. The van der Waals surface area contributed by atoms with Crippen LogP contribution < -0.4 is 5.32 Å². The van der Waals surface area contributed by atoms with Gasteiger partial charge in [0.1, 0.15) is 10.7 Å². The number of hydrogen-bond acceptors (Lipinski definition) is 5. The topological polar surface area (TPSA) is 68.3 Å². The first-order valence-corrected chi connectivity index (χ1v) is 7.41. The fraction of sp³-hybridized carbons (Fsp3) is 0.154. The van der Waals surface area contributed by atoms with Crippen LogP contribution in [0.3, 0.4) is 0 Å². The lowest BCUT2D eigenvalue weighted by Gasteiger charge is -2.12. The number of thiophene rings is 1. The third kappa shape index (κ3) is 4.42. The van der Waals surface area contributed by atoms with Gasteiger partial charge in [0.05, 0.1) is 9.36 Å². The molecule has 0 aliphatic rings. The number of amides is 1. The molecule has 0 aliphatic carbocycles. The van der Waals surface area contributed by atoms with Gasteiger partial charge < -0.3 is 10.1 Å². The van der Waals surface area contributed by atoms with Gasteiger partial charge in [-0.3, -0.25) is 4.79 Å². The quantitative estimate of drug-likeness (QED) is 0.859. The number of halogens is 2. The van der Waals surface area contributed by atoms with E-state index in [4.69, 9.17) is 27.9 Å². The minimum absolute atomic E-state index is 0.325. The van der Waals surface area contributed by atoms with Gasteiger partial charge in [-0.05, 0) is 31.2 Å². The molecule has 110 valence electrons. The molecule has 1 atom stereocenters. The zero-order chi connectivity index (χ0) is 15.4. The van der Waals surface area contributed by atoms with Crippen molar-refractivity contribution in [3.05, 3.63) is 44.7 Å². The standard InChI is InChI=1S/C13H10Cl2N2O3S/c1-7(20-13(19)9-3-4-10(15)21-9)12(18)17-11-5-2-8(14)6-16-11/h2-7H,1H3,(H,16,17,18)/t7-/m1/s1. The lowest BCUT2D eigenvalue weighted by Crippen LogP contribution is -2.30. The van der Waals surface area contributed by atoms with Crippen LogP contribution in [0.25, 0.3) is 0 Å². The number of pyridine rings is 1. The zero-order valence-electron chi connectivity index (χ0n) is 10.8. The molecule has 1 amide bonds. The Morgan fingerprint density at radius 1 is 1.29 bits per heavy atom. The SMILES string of the molecule is C[C@@H](OC(=O)c1ccc(Cl)s1)C(=O)Nc1ccc(Cl)cn1. The summed E-state index contributed by atoms with van der Waals surface area (Å²) >= 11 is 12.5. The van der Waals surface area contributed by atoms with Gasteiger partial charge in [0.2, 0.25) is 0 Å². The highest BCUT2D eigenvalue weighted by atomic mass is 35.5. The second kappa shape index (κ2) is 6.89. The van der Waals surface area contributed by atoms with E-state index in [0.29, 0.717) is 20.1 Å². The van der Waals surface area contributed by atoms with Crippen molar-refractivity contribution in [1.82, 2.24) is 4.98 Å². The molecule has 2 aromatic heterocycles. The molecule has 0 saturated heterocycles. The number of anilines is 1. The molecule has 0 spiro atoms. The van der Waals surface area contributed by atoms with Crippen molar-refractivity contribution in [1.29, 1.82) is 0 Å². The average molecular weight is 345 g/mol. The number of esters is 1. The summed E-state index contributed by atoms with van der Waals surface area (Å²) < 4.78 is 5.53. The van der Waals surface area contributed by atoms with Crippen molar-refractivity contribution in [2.75, 3.05) is 5.32 Å². The van der Waals surface area contributed by atoms with Crippen LogP contribution in [-0.2, 0) is 9.53 Å². The number of rotatable bonds is 4. The van der Waals surface area contributed by atoms with Gasteiger partial charge in [0.25, 0.3) is 5.91 Å². The van der Waals surface area contributed by atoms with Crippen molar-refractivity contribution in [3.8, 4) is 0 Å². The maximum Gasteiger partial charge on any atom is 0.349 e. The summed E-state index contributed by atoms with van der Waals surface area (Å²) in [6.45, 7) is 1.47. The molecule has 0 aromatic carbocycles. The predicted octanol–water partition coefficient (Wildman–Crippen LogP) is 3.63. The highest BCUT2D eigenvalue weighted by Gasteiger charge is 2.20. The number of ether oxygens (including phenoxy) is 1. The van der Waals surface area contributed by atoms with E-state index in [0.717, 1.165) is 11.3 Å². The molecule has 8 heteroatoms. The molecule has 2 aromatic rings. The van der Waals surface area contributed by atoms with Crippen molar-refractivity contribution in [2.45, 2.75) is 13.0 Å².